The van der Waals surface area contributed by atoms with Crippen molar-refractivity contribution in [3.63, 3.8) is 0 Å². The Labute approximate surface area is 149 Å². The van der Waals surface area contributed by atoms with Crippen molar-refractivity contribution in [2.45, 2.75) is 37.6 Å². The van der Waals surface area contributed by atoms with E-state index in [-0.39, 0.29) is 6.61 Å². The number of benzene rings is 1. The van der Waals surface area contributed by atoms with Gasteiger partial charge < -0.3 is 14.8 Å². The molecule has 1 aliphatic carbocycles. The number of nitrogens with one attached hydrogen (secondary N) is 1. The zero-order chi connectivity index (χ0) is 17.4. The van der Waals surface area contributed by atoms with Gasteiger partial charge in [-0.3, -0.25) is 4.79 Å². The standard InChI is InChI=1S/C17H19BrN2O4/c18-13-5-4-6-14(9-13)23-11-16(22)24-10-15(21)20-17(12-19)7-2-1-3-8-17/h4-6,9H,1-3,7-8,10-11H2,(H,20,21). The molecule has 1 amide bonds. The van der Waals surface area contributed by atoms with Gasteiger partial charge in [-0.25, -0.2) is 4.79 Å². The van der Waals surface area contributed by atoms with E-state index in [4.69, 9.17) is 9.47 Å². The van der Waals surface area contributed by atoms with Crippen molar-refractivity contribution in [3.8, 4) is 11.8 Å². The summed E-state index contributed by atoms with van der Waals surface area (Å²) in [7, 11) is 0. The topological polar surface area (TPSA) is 88.4 Å². The summed E-state index contributed by atoms with van der Waals surface area (Å²) < 4.78 is 11.0. The lowest BCUT2D eigenvalue weighted by atomic mass is 9.83. The first-order valence-corrected chi connectivity index (χ1v) is 8.59. The molecule has 1 fully saturated rings. The fourth-order valence-corrected chi connectivity index (χ4v) is 2.99. The second kappa shape index (κ2) is 8.69. The number of esters is 1. The highest BCUT2D eigenvalue weighted by molar-refractivity contribution is 9.10. The molecule has 1 aromatic carbocycles. The number of carbonyl (C=O) groups is 2. The lowest BCUT2D eigenvalue weighted by molar-refractivity contribution is -0.150. The molecule has 128 valence electrons. The Morgan fingerprint density at radius 1 is 1.25 bits per heavy atom. The van der Waals surface area contributed by atoms with Crippen molar-refractivity contribution in [1.82, 2.24) is 5.32 Å². The van der Waals surface area contributed by atoms with Gasteiger partial charge in [0.15, 0.2) is 13.2 Å². The number of nitriles is 1. The Hall–Kier alpha value is -2.07. The first-order valence-electron chi connectivity index (χ1n) is 7.79. The molecule has 1 aliphatic rings. The average Bonchev–Trinajstić information content (AvgIpc) is 2.59. The molecule has 7 heteroatoms. The van der Waals surface area contributed by atoms with E-state index in [9.17, 15) is 14.9 Å². The largest absolute Gasteiger partial charge is 0.482 e. The second-order valence-electron chi connectivity index (χ2n) is 5.71. The van der Waals surface area contributed by atoms with Crippen LogP contribution < -0.4 is 10.1 Å². The van der Waals surface area contributed by atoms with Crippen LogP contribution >= 0.6 is 15.9 Å². The van der Waals surface area contributed by atoms with E-state index in [1.54, 1.807) is 18.2 Å². The van der Waals surface area contributed by atoms with Crippen molar-refractivity contribution in [1.29, 1.82) is 5.26 Å². The number of hydrogen-bond donors (Lipinski definition) is 1. The van der Waals surface area contributed by atoms with Crippen LogP contribution in [0.15, 0.2) is 28.7 Å². The third-order valence-electron chi connectivity index (χ3n) is 3.82. The summed E-state index contributed by atoms with van der Waals surface area (Å²) >= 11 is 3.30. The lowest BCUT2D eigenvalue weighted by Gasteiger charge is -2.31. The van der Waals surface area contributed by atoms with Crippen LogP contribution in [0.4, 0.5) is 0 Å². The Morgan fingerprint density at radius 2 is 2.00 bits per heavy atom. The predicted octanol–water partition coefficient (Wildman–Crippen LogP) is 2.71. The molecule has 2 rings (SSSR count). The Kier molecular flexibility index (Phi) is 6.62. The van der Waals surface area contributed by atoms with Gasteiger partial charge in [-0.2, -0.15) is 5.26 Å². The molecule has 0 aromatic heterocycles. The van der Waals surface area contributed by atoms with E-state index in [0.29, 0.717) is 18.6 Å². The Morgan fingerprint density at radius 3 is 2.67 bits per heavy atom. The Balaban J connectivity index is 1.73. The zero-order valence-corrected chi connectivity index (χ0v) is 14.8. The van der Waals surface area contributed by atoms with Gasteiger partial charge in [0.05, 0.1) is 6.07 Å². The molecule has 0 aliphatic heterocycles. The van der Waals surface area contributed by atoms with Gasteiger partial charge in [-0.05, 0) is 31.0 Å². The molecule has 24 heavy (non-hydrogen) atoms. The number of rotatable bonds is 6. The van der Waals surface area contributed by atoms with Crippen LogP contribution in [-0.4, -0.2) is 30.6 Å². The van der Waals surface area contributed by atoms with Gasteiger partial charge in [0, 0.05) is 4.47 Å². The summed E-state index contributed by atoms with van der Waals surface area (Å²) in [5, 5.41) is 12.0. The number of hydrogen-bond acceptors (Lipinski definition) is 5. The molecule has 0 saturated heterocycles. The maximum Gasteiger partial charge on any atom is 0.344 e. The summed E-state index contributed by atoms with van der Waals surface area (Å²) in [6, 6.07) is 9.24. The molecule has 0 bridgehead atoms. The van der Waals surface area contributed by atoms with E-state index in [1.807, 2.05) is 6.07 Å². The van der Waals surface area contributed by atoms with Gasteiger partial charge in [0.2, 0.25) is 0 Å². The second-order valence-corrected chi connectivity index (χ2v) is 6.63. The first kappa shape index (κ1) is 18.3. The third kappa shape index (κ3) is 5.53. The fourth-order valence-electron chi connectivity index (χ4n) is 2.61. The van der Waals surface area contributed by atoms with E-state index in [2.05, 4.69) is 27.3 Å². The molecule has 0 radical (unpaired) electrons. The molecule has 0 atom stereocenters. The Bertz CT molecular complexity index is 636. The number of ether oxygens (including phenoxy) is 2. The van der Waals surface area contributed by atoms with Crippen molar-refractivity contribution >= 4 is 27.8 Å². The lowest BCUT2D eigenvalue weighted by Crippen LogP contribution is -2.50. The highest BCUT2D eigenvalue weighted by atomic mass is 79.9. The van der Waals surface area contributed by atoms with E-state index < -0.39 is 24.0 Å². The number of halogens is 1. The molecular weight excluding hydrogens is 376 g/mol. The maximum absolute atomic E-state index is 11.9. The first-order chi connectivity index (χ1) is 11.5. The fraction of sp³-hybridized carbons (Fsp3) is 0.471. The van der Waals surface area contributed by atoms with Crippen LogP contribution in [0.2, 0.25) is 0 Å². The molecule has 0 unspecified atom stereocenters. The number of nitrogens with zero attached hydrogens (tertiary/aromatic N) is 1. The zero-order valence-electron chi connectivity index (χ0n) is 13.2. The van der Waals surface area contributed by atoms with Crippen LogP contribution in [0.1, 0.15) is 32.1 Å². The minimum Gasteiger partial charge on any atom is -0.482 e. The monoisotopic (exact) mass is 394 g/mol. The summed E-state index contributed by atoms with van der Waals surface area (Å²) in [5.74, 6) is -0.578. The van der Waals surface area contributed by atoms with Crippen LogP contribution in [0, 0.1) is 11.3 Å². The predicted molar refractivity (Wildman–Crippen MR) is 90.2 cm³/mol. The summed E-state index contributed by atoms with van der Waals surface area (Å²) in [5.41, 5.74) is -0.825. The molecule has 1 saturated carbocycles. The molecular formula is C17H19BrN2O4. The quantitative estimate of drug-likeness (QED) is 0.749. The molecule has 1 aromatic rings. The SMILES string of the molecule is N#CC1(NC(=O)COC(=O)COc2cccc(Br)c2)CCCCC1. The minimum absolute atomic E-state index is 0.285. The van der Waals surface area contributed by atoms with Gasteiger partial charge >= 0.3 is 5.97 Å². The summed E-state index contributed by atoms with van der Waals surface area (Å²) in [6.45, 7) is -0.697. The van der Waals surface area contributed by atoms with Gasteiger partial charge in [0.25, 0.3) is 5.91 Å². The van der Waals surface area contributed by atoms with E-state index >= 15 is 0 Å². The molecule has 0 heterocycles. The highest BCUT2D eigenvalue weighted by Crippen LogP contribution is 2.27. The van der Waals surface area contributed by atoms with E-state index in [0.717, 1.165) is 23.7 Å². The number of carbonyl (C=O) groups excluding carboxylic acids is 2. The summed E-state index contributed by atoms with van der Waals surface area (Å²) in [6.07, 6.45) is 4.16. The third-order valence-corrected chi connectivity index (χ3v) is 4.31. The van der Waals surface area contributed by atoms with Crippen molar-refractivity contribution in [2.24, 2.45) is 0 Å². The summed E-state index contributed by atoms with van der Waals surface area (Å²) in [4.78, 5) is 23.6. The molecule has 6 nitrogen and oxygen atoms in total. The maximum atomic E-state index is 11.9. The highest BCUT2D eigenvalue weighted by Gasteiger charge is 2.33. The van der Waals surface area contributed by atoms with Crippen LogP contribution in [0.5, 0.6) is 5.75 Å². The molecule has 1 N–H and O–H groups in total. The smallest absolute Gasteiger partial charge is 0.344 e. The normalized spacial score (nSPS) is 15.8. The van der Waals surface area contributed by atoms with Crippen LogP contribution in [0.25, 0.3) is 0 Å². The van der Waals surface area contributed by atoms with Crippen LogP contribution in [-0.2, 0) is 14.3 Å². The van der Waals surface area contributed by atoms with Crippen molar-refractivity contribution in [2.75, 3.05) is 13.2 Å². The van der Waals surface area contributed by atoms with Crippen molar-refractivity contribution < 1.29 is 19.1 Å². The van der Waals surface area contributed by atoms with Gasteiger partial charge in [-0.15, -0.1) is 0 Å². The average molecular weight is 395 g/mol. The minimum atomic E-state index is -0.825. The van der Waals surface area contributed by atoms with Gasteiger partial charge in [-0.1, -0.05) is 41.3 Å². The number of amides is 1. The molecule has 0 spiro atoms. The van der Waals surface area contributed by atoms with Crippen molar-refractivity contribution in [3.05, 3.63) is 28.7 Å². The van der Waals surface area contributed by atoms with Crippen LogP contribution in [0.3, 0.4) is 0 Å². The van der Waals surface area contributed by atoms with E-state index in [1.165, 1.54) is 0 Å². The van der Waals surface area contributed by atoms with Gasteiger partial charge in [0.1, 0.15) is 11.3 Å².